The van der Waals surface area contributed by atoms with Gasteiger partial charge in [0.1, 0.15) is 5.82 Å². The normalized spacial score (nSPS) is 10.4. The molecule has 5 nitrogen and oxygen atoms in total. The molecular weight excluding hydrogens is 309 g/mol. The fraction of sp³-hybridized carbons (Fsp3) is 0.0556. The smallest absolute Gasteiger partial charge is 0.298 e. The van der Waals surface area contributed by atoms with Crippen LogP contribution in [0.2, 0.25) is 0 Å². The van der Waals surface area contributed by atoms with Crippen molar-refractivity contribution in [2.45, 2.75) is 6.92 Å². The summed E-state index contributed by atoms with van der Waals surface area (Å²) in [6, 6.07) is 12.4. The first kappa shape index (κ1) is 15.6. The van der Waals surface area contributed by atoms with Gasteiger partial charge in [0.05, 0.1) is 0 Å². The first-order valence-electron chi connectivity index (χ1n) is 7.26. The highest BCUT2D eigenvalue weighted by Gasteiger charge is 2.12. The Morgan fingerprint density at radius 1 is 1.17 bits per heavy atom. The molecule has 0 aliphatic rings. The number of anilines is 1. The molecule has 0 spiro atoms. The highest BCUT2D eigenvalue weighted by Crippen LogP contribution is 2.09. The van der Waals surface area contributed by atoms with Gasteiger partial charge in [0.25, 0.3) is 11.5 Å². The minimum absolute atomic E-state index is 0.0895. The third-order valence-electron chi connectivity index (χ3n) is 3.46. The lowest BCUT2D eigenvalue weighted by atomic mass is 10.2. The average molecular weight is 323 g/mol. The maximum Gasteiger partial charge on any atom is 0.298 e. The van der Waals surface area contributed by atoms with Gasteiger partial charge in [0.2, 0.25) is 0 Å². The van der Waals surface area contributed by atoms with Crippen molar-refractivity contribution in [1.29, 1.82) is 0 Å². The van der Waals surface area contributed by atoms with Crippen LogP contribution in [0, 0.1) is 12.7 Å². The van der Waals surface area contributed by atoms with E-state index in [-0.39, 0.29) is 11.4 Å². The SMILES string of the molecule is Cc1cccc(-n2ccnc(NC(=O)c3ccc(F)cc3)c2=O)c1. The van der Waals surface area contributed by atoms with Crippen LogP contribution in [-0.2, 0) is 0 Å². The van der Waals surface area contributed by atoms with E-state index in [1.54, 1.807) is 6.07 Å². The second-order valence-corrected chi connectivity index (χ2v) is 5.25. The number of carbonyl (C=O) groups excluding carboxylic acids is 1. The summed E-state index contributed by atoms with van der Waals surface area (Å²) in [5, 5.41) is 2.46. The van der Waals surface area contributed by atoms with Crippen molar-refractivity contribution in [2.24, 2.45) is 0 Å². The fourth-order valence-corrected chi connectivity index (χ4v) is 2.26. The molecule has 24 heavy (non-hydrogen) atoms. The maximum absolute atomic E-state index is 12.9. The Hall–Kier alpha value is -3.28. The molecule has 3 rings (SSSR count). The van der Waals surface area contributed by atoms with Crippen molar-refractivity contribution in [3.8, 4) is 5.69 Å². The molecule has 0 aliphatic carbocycles. The molecule has 0 saturated carbocycles. The van der Waals surface area contributed by atoms with Gasteiger partial charge in [-0.05, 0) is 48.9 Å². The minimum Gasteiger partial charge on any atom is -0.302 e. The van der Waals surface area contributed by atoms with Crippen LogP contribution in [0.4, 0.5) is 10.2 Å². The molecule has 0 unspecified atom stereocenters. The van der Waals surface area contributed by atoms with Gasteiger partial charge in [0.15, 0.2) is 5.82 Å². The standard InChI is InChI=1S/C18H14FN3O2/c1-12-3-2-4-15(11-12)22-10-9-20-16(18(22)24)21-17(23)13-5-7-14(19)8-6-13/h2-11H,1H3,(H,20,21,23). The zero-order valence-electron chi connectivity index (χ0n) is 12.9. The monoisotopic (exact) mass is 323 g/mol. The Labute approximate surface area is 137 Å². The Balaban J connectivity index is 1.92. The minimum atomic E-state index is -0.526. The number of nitrogens with one attached hydrogen (secondary N) is 1. The first-order chi connectivity index (χ1) is 11.5. The van der Waals surface area contributed by atoms with E-state index in [9.17, 15) is 14.0 Å². The molecule has 0 aliphatic heterocycles. The second-order valence-electron chi connectivity index (χ2n) is 5.25. The number of aryl methyl sites for hydroxylation is 1. The van der Waals surface area contributed by atoms with Crippen LogP contribution < -0.4 is 10.9 Å². The van der Waals surface area contributed by atoms with Gasteiger partial charge in [-0.1, -0.05) is 12.1 Å². The third-order valence-corrected chi connectivity index (χ3v) is 3.46. The first-order valence-corrected chi connectivity index (χ1v) is 7.26. The highest BCUT2D eigenvalue weighted by atomic mass is 19.1. The number of halogens is 1. The summed E-state index contributed by atoms with van der Waals surface area (Å²) >= 11 is 0. The van der Waals surface area contributed by atoms with Gasteiger partial charge in [-0.15, -0.1) is 0 Å². The van der Waals surface area contributed by atoms with E-state index in [0.29, 0.717) is 5.69 Å². The lowest BCUT2D eigenvalue weighted by Gasteiger charge is -2.09. The van der Waals surface area contributed by atoms with Crippen LogP contribution in [-0.4, -0.2) is 15.5 Å². The molecular formula is C18H14FN3O2. The number of aromatic nitrogens is 2. The number of carbonyl (C=O) groups is 1. The van der Waals surface area contributed by atoms with Gasteiger partial charge < -0.3 is 5.32 Å². The highest BCUT2D eigenvalue weighted by molar-refractivity contribution is 6.03. The van der Waals surface area contributed by atoms with E-state index in [0.717, 1.165) is 5.56 Å². The van der Waals surface area contributed by atoms with Gasteiger partial charge in [0, 0.05) is 23.6 Å². The van der Waals surface area contributed by atoms with Crippen molar-refractivity contribution in [1.82, 2.24) is 9.55 Å². The predicted molar refractivity (Wildman–Crippen MR) is 88.9 cm³/mol. The molecule has 0 radical (unpaired) electrons. The Bertz CT molecular complexity index is 949. The van der Waals surface area contributed by atoms with E-state index < -0.39 is 17.3 Å². The molecule has 120 valence electrons. The van der Waals surface area contributed by atoms with Gasteiger partial charge >= 0.3 is 0 Å². The van der Waals surface area contributed by atoms with Gasteiger partial charge in [-0.2, -0.15) is 0 Å². The summed E-state index contributed by atoms with van der Waals surface area (Å²) in [7, 11) is 0. The van der Waals surface area contributed by atoms with E-state index >= 15 is 0 Å². The number of benzene rings is 2. The van der Waals surface area contributed by atoms with E-state index in [1.807, 2.05) is 25.1 Å². The van der Waals surface area contributed by atoms with E-state index in [2.05, 4.69) is 10.3 Å². The van der Waals surface area contributed by atoms with Gasteiger partial charge in [-0.25, -0.2) is 9.37 Å². The Kier molecular flexibility index (Phi) is 4.20. The van der Waals surface area contributed by atoms with Crippen LogP contribution >= 0.6 is 0 Å². The maximum atomic E-state index is 12.9. The number of hydrogen-bond acceptors (Lipinski definition) is 3. The molecule has 0 bridgehead atoms. The van der Waals surface area contributed by atoms with Crippen LogP contribution in [0.25, 0.3) is 5.69 Å². The Morgan fingerprint density at radius 3 is 2.62 bits per heavy atom. The van der Waals surface area contributed by atoms with Crippen LogP contribution in [0.5, 0.6) is 0 Å². The summed E-state index contributed by atoms with van der Waals surface area (Å²) in [5.41, 5.74) is 1.48. The molecule has 3 aromatic rings. The molecule has 0 saturated heterocycles. The molecule has 1 amide bonds. The molecule has 2 aromatic carbocycles. The molecule has 0 fully saturated rings. The third kappa shape index (κ3) is 3.22. The van der Waals surface area contributed by atoms with Crippen LogP contribution in [0.15, 0.2) is 65.7 Å². The van der Waals surface area contributed by atoms with E-state index in [1.165, 1.54) is 41.2 Å². The number of amides is 1. The quantitative estimate of drug-likeness (QED) is 0.806. The van der Waals surface area contributed by atoms with Crippen molar-refractivity contribution in [2.75, 3.05) is 5.32 Å². The summed E-state index contributed by atoms with van der Waals surface area (Å²) < 4.78 is 14.3. The average Bonchev–Trinajstić information content (AvgIpc) is 2.57. The number of hydrogen-bond donors (Lipinski definition) is 1. The van der Waals surface area contributed by atoms with Crippen molar-refractivity contribution >= 4 is 11.7 Å². The van der Waals surface area contributed by atoms with Crippen molar-refractivity contribution < 1.29 is 9.18 Å². The largest absolute Gasteiger partial charge is 0.302 e. The summed E-state index contributed by atoms with van der Waals surface area (Å²) in [6.07, 6.45) is 2.97. The van der Waals surface area contributed by atoms with Crippen molar-refractivity contribution in [3.05, 3.63) is 88.2 Å². The van der Waals surface area contributed by atoms with Crippen LogP contribution in [0.1, 0.15) is 15.9 Å². The van der Waals surface area contributed by atoms with Gasteiger partial charge in [-0.3, -0.25) is 14.2 Å². The molecule has 1 N–H and O–H groups in total. The summed E-state index contributed by atoms with van der Waals surface area (Å²) in [5.74, 6) is -1.05. The fourth-order valence-electron chi connectivity index (χ4n) is 2.26. The Morgan fingerprint density at radius 2 is 1.92 bits per heavy atom. The topological polar surface area (TPSA) is 64.0 Å². The second kappa shape index (κ2) is 6.45. The zero-order valence-corrected chi connectivity index (χ0v) is 12.9. The number of nitrogens with zero attached hydrogens (tertiary/aromatic N) is 2. The molecule has 0 atom stereocenters. The molecule has 1 aromatic heterocycles. The molecule has 1 heterocycles. The molecule has 6 heteroatoms. The lowest BCUT2D eigenvalue weighted by molar-refractivity contribution is 0.102. The van der Waals surface area contributed by atoms with Crippen LogP contribution in [0.3, 0.4) is 0 Å². The predicted octanol–water partition coefficient (Wildman–Crippen LogP) is 2.93. The van der Waals surface area contributed by atoms with Crippen molar-refractivity contribution in [3.63, 3.8) is 0 Å². The summed E-state index contributed by atoms with van der Waals surface area (Å²) in [4.78, 5) is 28.6. The summed E-state index contributed by atoms with van der Waals surface area (Å²) in [6.45, 7) is 1.92. The van der Waals surface area contributed by atoms with E-state index in [4.69, 9.17) is 0 Å². The lowest BCUT2D eigenvalue weighted by Crippen LogP contribution is -2.26. The number of rotatable bonds is 3. The zero-order chi connectivity index (χ0) is 17.1.